The number of hydrogen-bond acceptors (Lipinski definition) is 4. The maximum atomic E-state index is 8.83. The van der Waals surface area contributed by atoms with Crippen LogP contribution < -0.4 is 5.73 Å². The van der Waals surface area contributed by atoms with Crippen LogP contribution in [0, 0.1) is 11.3 Å². The van der Waals surface area contributed by atoms with Crippen LogP contribution in [0.3, 0.4) is 0 Å². The van der Waals surface area contributed by atoms with E-state index in [1.54, 1.807) is 0 Å². The first-order valence-electron chi connectivity index (χ1n) is 5.80. The second kappa shape index (κ2) is 4.93. The van der Waals surface area contributed by atoms with Gasteiger partial charge in [0.1, 0.15) is 0 Å². The zero-order valence-electron chi connectivity index (χ0n) is 9.06. The van der Waals surface area contributed by atoms with E-state index in [1.165, 1.54) is 12.8 Å². The van der Waals surface area contributed by atoms with Crippen molar-refractivity contribution in [3.63, 3.8) is 0 Å². The summed E-state index contributed by atoms with van der Waals surface area (Å²) < 4.78 is 5.34. The number of nitrogens with two attached hydrogens (primary N) is 1. The fraction of sp³-hybridized carbons (Fsp3) is 0.909. The summed E-state index contributed by atoms with van der Waals surface area (Å²) in [6.07, 6.45) is 4.38. The molecule has 4 heteroatoms. The van der Waals surface area contributed by atoms with Crippen LogP contribution in [-0.4, -0.2) is 42.8 Å². The van der Waals surface area contributed by atoms with Crippen LogP contribution in [0.25, 0.3) is 0 Å². The van der Waals surface area contributed by atoms with Gasteiger partial charge in [0.2, 0.25) is 0 Å². The fourth-order valence-electron chi connectivity index (χ4n) is 2.55. The molecule has 0 aromatic carbocycles. The first-order chi connectivity index (χ1) is 7.29. The van der Waals surface area contributed by atoms with Crippen molar-refractivity contribution in [2.45, 2.75) is 43.9 Å². The average molecular weight is 209 g/mol. The van der Waals surface area contributed by atoms with Crippen molar-refractivity contribution >= 4 is 0 Å². The minimum atomic E-state index is -0.227. The lowest BCUT2D eigenvalue weighted by molar-refractivity contribution is -0.0238. The van der Waals surface area contributed by atoms with Crippen LogP contribution in [0.4, 0.5) is 0 Å². The Kier molecular flexibility index (Phi) is 3.57. The smallest absolute Gasteiger partial charge is 0.156 e. The van der Waals surface area contributed by atoms with Crippen molar-refractivity contribution in [1.82, 2.24) is 4.90 Å². The van der Waals surface area contributed by atoms with E-state index in [2.05, 4.69) is 11.0 Å². The highest BCUT2D eigenvalue weighted by molar-refractivity contribution is 4.92. The molecule has 1 atom stereocenters. The van der Waals surface area contributed by atoms with Crippen molar-refractivity contribution in [3.8, 4) is 6.07 Å². The highest BCUT2D eigenvalue weighted by Crippen LogP contribution is 2.23. The molecule has 2 rings (SSSR count). The molecule has 0 radical (unpaired) electrons. The van der Waals surface area contributed by atoms with Gasteiger partial charge in [-0.05, 0) is 25.7 Å². The van der Waals surface area contributed by atoms with Gasteiger partial charge in [-0.3, -0.25) is 4.90 Å². The molecular formula is C11H19N3O. The third kappa shape index (κ3) is 2.69. The van der Waals surface area contributed by atoms with E-state index in [1.807, 2.05) is 0 Å². The third-order valence-electron chi connectivity index (χ3n) is 3.50. The lowest BCUT2D eigenvalue weighted by Crippen LogP contribution is -2.49. The molecule has 0 spiro atoms. The van der Waals surface area contributed by atoms with Crippen molar-refractivity contribution in [2.24, 2.45) is 5.73 Å². The lowest BCUT2D eigenvalue weighted by Gasteiger charge is -2.39. The highest BCUT2D eigenvalue weighted by atomic mass is 16.5. The first kappa shape index (κ1) is 10.9. The molecular weight excluding hydrogens is 190 g/mol. The molecule has 0 amide bonds. The number of morpholine rings is 1. The molecule has 2 fully saturated rings. The maximum absolute atomic E-state index is 8.83. The van der Waals surface area contributed by atoms with Crippen LogP contribution in [0.15, 0.2) is 0 Å². The van der Waals surface area contributed by atoms with Crippen LogP contribution in [-0.2, 0) is 4.74 Å². The average Bonchev–Trinajstić information content (AvgIpc) is 2.30. The summed E-state index contributed by atoms with van der Waals surface area (Å²) in [6, 6.07) is 3.22. The van der Waals surface area contributed by atoms with E-state index in [4.69, 9.17) is 15.7 Å². The molecule has 1 unspecified atom stereocenters. The van der Waals surface area contributed by atoms with Crippen LogP contribution >= 0.6 is 0 Å². The van der Waals surface area contributed by atoms with Gasteiger partial charge in [0.25, 0.3) is 0 Å². The van der Waals surface area contributed by atoms with Gasteiger partial charge >= 0.3 is 0 Å². The Hall–Kier alpha value is -0.630. The molecule has 0 bridgehead atoms. The minimum Gasteiger partial charge on any atom is -0.361 e. The molecule has 1 heterocycles. The Morgan fingerprint density at radius 1 is 1.27 bits per heavy atom. The van der Waals surface area contributed by atoms with Crippen molar-refractivity contribution in [2.75, 3.05) is 19.7 Å². The van der Waals surface area contributed by atoms with Crippen molar-refractivity contribution < 1.29 is 4.74 Å². The van der Waals surface area contributed by atoms with Gasteiger partial charge in [0, 0.05) is 25.2 Å². The molecule has 2 aliphatic rings. The van der Waals surface area contributed by atoms with E-state index in [9.17, 15) is 0 Å². The first-order valence-corrected chi connectivity index (χ1v) is 5.80. The highest BCUT2D eigenvalue weighted by Gasteiger charge is 2.28. The second-order valence-electron chi connectivity index (χ2n) is 4.55. The molecule has 1 saturated carbocycles. The van der Waals surface area contributed by atoms with E-state index >= 15 is 0 Å². The third-order valence-corrected chi connectivity index (χ3v) is 3.50. The quantitative estimate of drug-likeness (QED) is 0.682. The Morgan fingerprint density at radius 3 is 2.67 bits per heavy atom. The van der Waals surface area contributed by atoms with E-state index in [-0.39, 0.29) is 6.10 Å². The zero-order valence-corrected chi connectivity index (χ0v) is 9.06. The molecule has 0 aromatic rings. The molecule has 84 valence electrons. The summed E-state index contributed by atoms with van der Waals surface area (Å²) >= 11 is 0. The number of ether oxygens (including phenoxy) is 1. The lowest BCUT2D eigenvalue weighted by atomic mass is 9.90. The van der Waals surface area contributed by atoms with Crippen LogP contribution in [0.2, 0.25) is 0 Å². The topological polar surface area (TPSA) is 62.3 Å². The molecule has 4 nitrogen and oxygen atoms in total. The molecule has 0 aromatic heterocycles. The van der Waals surface area contributed by atoms with Crippen molar-refractivity contribution in [3.05, 3.63) is 0 Å². The normalized spacial score (nSPS) is 38.5. The SMILES string of the molecule is N#CC1CN(C2CCC(N)CC2)CCO1. The second-order valence-corrected chi connectivity index (χ2v) is 4.55. The summed E-state index contributed by atoms with van der Waals surface area (Å²) in [5.74, 6) is 0. The van der Waals surface area contributed by atoms with Crippen LogP contribution in [0.5, 0.6) is 0 Å². The number of nitriles is 1. The van der Waals surface area contributed by atoms with Gasteiger partial charge in [-0.2, -0.15) is 5.26 Å². The zero-order chi connectivity index (χ0) is 10.7. The van der Waals surface area contributed by atoms with Crippen molar-refractivity contribution in [1.29, 1.82) is 5.26 Å². The molecule has 1 aliphatic heterocycles. The maximum Gasteiger partial charge on any atom is 0.156 e. The monoisotopic (exact) mass is 209 g/mol. The molecule has 15 heavy (non-hydrogen) atoms. The minimum absolute atomic E-state index is 0.227. The van der Waals surface area contributed by atoms with E-state index < -0.39 is 0 Å². The van der Waals surface area contributed by atoms with Gasteiger partial charge in [-0.25, -0.2) is 0 Å². The standard InChI is InChI=1S/C11H19N3O/c12-7-11-8-14(5-6-15-11)10-3-1-9(13)2-4-10/h9-11H,1-6,8,13H2. The molecule has 2 N–H and O–H groups in total. The summed E-state index contributed by atoms with van der Waals surface area (Å²) in [7, 11) is 0. The summed E-state index contributed by atoms with van der Waals surface area (Å²) in [5.41, 5.74) is 5.88. The predicted octanol–water partition coefficient (Wildman–Crippen LogP) is 0.481. The van der Waals surface area contributed by atoms with Gasteiger partial charge in [0.15, 0.2) is 6.10 Å². The Balaban J connectivity index is 1.85. The van der Waals surface area contributed by atoms with E-state index in [0.29, 0.717) is 18.7 Å². The number of nitrogens with zero attached hydrogens (tertiary/aromatic N) is 2. The summed E-state index contributed by atoms with van der Waals surface area (Å²) in [6.45, 7) is 2.44. The Bertz CT molecular complexity index is 243. The van der Waals surface area contributed by atoms with E-state index in [0.717, 1.165) is 25.9 Å². The Morgan fingerprint density at radius 2 is 2.00 bits per heavy atom. The molecule has 1 aliphatic carbocycles. The van der Waals surface area contributed by atoms with Gasteiger partial charge in [0.05, 0.1) is 12.7 Å². The largest absolute Gasteiger partial charge is 0.361 e. The van der Waals surface area contributed by atoms with Crippen LogP contribution in [0.1, 0.15) is 25.7 Å². The van der Waals surface area contributed by atoms with Gasteiger partial charge in [-0.1, -0.05) is 0 Å². The molecule has 1 saturated heterocycles. The summed E-state index contributed by atoms with van der Waals surface area (Å²) in [4.78, 5) is 2.41. The number of rotatable bonds is 1. The predicted molar refractivity (Wildman–Crippen MR) is 57.2 cm³/mol. The fourth-order valence-corrected chi connectivity index (χ4v) is 2.55. The Labute approximate surface area is 91.0 Å². The van der Waals surface area contributed by atoms with Gasteiger partial charge < -0.3 is 10.5 Å². The number of hydrogen-bond donors (Lipinski definition) is 1. The van der Waals surface area contributed by atoms with Gasteiger partial charge in [-0.15, -0.1) is 0 Å². The summed E-state index contributed by atoms with van der Waals surface area (Å²) in [5, 5.41) is 8.83.